The smallest absolute Gasteiger partial charge is 0.435 e. The van der Waals surface area contributed by atoms with Crippen LogP contribution in [-0.4, -0.2) is 30.9 Å². The number of anilines is 1. The Morgan fingerprint density at radius 1 is 1.12 bits per heavy atom. The first-order chi connectivity index (χ1) is 15.7. The molecule has 0 aliphatic carbocycles. The molecule has 10 heteroatoms. The van der Waals surface area contributed by atoms with E-state index in [9.17, 15) is 22.8 Å². The molecule has 168 valence electrons. The molecule has 1 amide bonds. The van der Waals surface area contributed by atoms with Crippen LogP contribution in [0.2, 0.25) is 5.02 Å². The van der Waals surface area contributed by atoms with Crippen molar-refractivity contribution >= 4 is 41.0 Å². The van der Waals surface area contributed by atoms with Crippen molar-refractivity contribution in [3.05, 3.63) is 82.6 Å². The van der Waals surface area contributed by atoms with Gasteiger partial charge in [-0.3, -0.25) is 4.79 Å². The number of carbonyl (C=O) groups is 2. The molecule has 0 fully saturated rings. The van der Waals surface area contributed by atoms with Crippen LogP contribution in [0.25, 0.3) is 17.4 Å². The molecule has 1 aliphatic heterocycles. The summed E-state index contributed by atoms with van der Waals surface area (Å²) in [5.74, 6) is -1.35. The van der Waals surface area contributed by atoms with E-state index in [1.54, 1.807) is 24.3 Å². The number of benzene rings is 2. The lowest BCUT2D eigenvalue weighted by Crippen LogP contribution is -2.25. The lowest BCUT2D eigenvalue weighted by atomic mass is 10.1. The number of hydrazone groups is 1. The number of para-hydroxylation sites is 1. The largest absolute Gasteiger partial charge is 0.465 e. The molecule has 0 spiro atoms. The fraction of sp³-hybridized carbons (Fsp3) is 0.0870. The van der Waals surface area contributed by atoms with Gasteiger partial charge in [-0.1, -0.05) is 29.8 Å². The van der Waals surface area contributed by atoms with Gasteiger partial charge < -0.3 is 9.15 Å². The van der Waals surface area contributed by atoms with Gasteiger partial charge in [-0.25, -0.2) is 4.79 Å². The van der Waals surface area contributed by atoms with Crippen molar-refractivity contribution in [2.45, 2.75) is 6.18 Å². The average Bonchev–Trinajstić information content (AvgIpc) is 3.39. The number of halogens is 4. The number of rotatable bonds is 4. The van der Waals surface area contributed by atoms with E-state index in [1.165, 1.54) is 43.5 Å². The number of furan rings is 1. The van der Waals surface area contributed by atoms with Crippen LogP contribution in [0.3, 0.4) is 0 Å². The van der Waals surface area contributed by atoms with Gasteiger partial charge in [0.1, 0.15) is 11.5 Å². The predicted octanol–water partition coefficient (Wildman–Crippen LogP) is 5.74. The summed E-state index contributed by atoms with van der Waals surface area (Å²) in [7, 11) is 1.21. The van der Waals surface area contributed by atoms with Crippen LogP contribution < -0.4 is 5.01 Å². The Hall–Kier alpha value is -3.85. The van der Waals surface area contributed by atoms with Gasteiger partial charge in [0.2, 0.25) is 0 Å². The van der Waals surface area contributed by atoms with Gasteiger partial charge in [0.25, 0.3) is 5.91 Å². The standard InChI is InChI=1S/C23H14ClF3N2O4/c1-32-22(31)16-11-13(7-9-18(16)24)19-10-8-15(33-19)12-17-20(23(25,26)27)28-29(21(17)30)14-5-3-2-4-6-14/h2-12H,1H3/b17-12-. The fourth-order valence-corrected chi connectivity index (χ4v) is 3.37. The van der Waals surface area contributed by atoms with Crippen LogP contribution in [-0.2, 0) is 9.53 Å². The van der Waals surface area contributed by atoms with Crippen LogP contribution in [0.15, 0.2) is 75.8 Å². The molecule has 0 saturated heterocycles. The summed E-state index contributed by atoms with van der Waals surface area (Å²) in [6.45, 7) is 0. The van der Waals surface area contributed by atoms with Crippen molar-refractivity contribution in [3.8, 4) is 11.3 Å². The quantitative estimate of drug-likeness (QED) is 0.357. The summed E-state index contributed by atoms with van der Waals surface area (Å²) in [5.41, 5.74) is -1.24. The number of amides is 1. The maximum atomic E-state index is 13.6. The Kier molecular flexibility index (Phi) is 5.82. The van der Waals surface area contributed by atoms with E-state index >= 15 is 0 Å². The molecule has 2 heterocycles. The van der Waals surface area contributed by atoms with Gasteiger partial charge in [-0.15, -0.1) is 0 Å². The van der Waals surface area contributed by atoms with E-state index in [1.807, 2.05) is 0 Å². The number of ether oxygens (including phenoxy) is 1. The Morgan fingerprint density at radius 2 is 1.85 bits per heavy atom. The third-order valence-corrected chi connectivity index (χ3v) is 5.05. The molecule has 4 rings (SSSR count). The normalized spacial score (nSPS) is 15.2. The van der Waals surface area contributed by atoms with Crippen LogP contribution >= 0.6 is 11.6 Å². The highest BCUT2D eigenvalue weighted by atomic mass is 35.5. The van der Waals surface area contributed by atoms with Crippen molar-refractivity contribution in [3.63, 3.8) is 0 Å². The van der Waals surface area contributed by atoms with Gasteiger partial charge in [-0.05, 0) is 48.5 Å². The van der Waals surface area contributed by atoms with Crippen molar-refractivity contribution < 1.29 is 31.9 Å². The number of alkyl halides is 3. The number of hydrogen-bond acceptors (Lipinski definition) is 5. The van der Waals surface area contributed by atoms with E-state index in [4.69, 9.17) is 16.0 Å². The molecule has 0 bridgehead atoms. The highest BCUT2D eigenvalue weighted by Crippen LogP contribution is 2.34. The third kappa shape index (κ3) is 4.40. The van der Waals surface area contributed by atoms with Crippen LogP contribution in [0.5, 0.6) is 0 Å². The number of carbonyl (C=O) groups excluding carboxylic acids is 2. The minimum absolute atomic E-state index is 0.00483. The molecule has 1 aliphatic rings. The summed E-state index contributed by atoms with van der Waals surface area (Å²) in [5, 5.41) is 4.37. The van der Waals surface area contributed by atoms with E-state index in [0.29, 0.717) is 10.6 Å². The number of hydrogen-bond donors (Lipinski definition) is 0. The number of nitrogens with zero attached hydrogens (tertiary/aromatic N) is 2. The molecule has 0 radical (unpaired) electrons. The summed E-state index contributed by atoms with van der Waals surface area (Å²) in [6, 6.07) is 15.2. The molecule has 33 heavy (non-hydrogen) atoms. The Balaban J connectivity index is 1.71. The molecular weight excluding hydrogens is 461 g/mol. The maximum absolute atomic E-state index is 13.6. The van der Waals surface area contributed by atoms with Crippen molar-refractivity contribution in [1.29, 1.82) is 0 Å². The molecule has 0 N–H and O–H groups in total. The van der Waals surface area contributed by atoms with Gasteiger partial charge in [-0.2, -0.15) is 23.3 Å². The van der Waals surface area contributed by atoms with Crippen LogP contribution in [0, 0.1) is 0 Å². The lowest BCUT2D eigenvalue weighted by Gasteiger charge is -2.10. The third-order valence-electron chi connectivity index (χ3n) is 4.72. The van der Waals surface area contributed by atoms with Crippen LogP contribution in [0.4, 0.5) is 18.9 Å². The Morgan fingerprint density at radius 3 is 2.52 bits per heavy atom. The second-order valence-electron chi connectivity index (χ2n) is 6.85. The molecular formula is C23H14ClF3N2O4. The minimum atomic E-state index is -4.86. The van der Waals surface area contributed by atoms with Crippen molar-refractivity contribution in [1.82, 2.24) is 0 Å². The molecule has 1 aromatic heterocycles. The van der Waals surface area contributed by atoms with Gasteiger partial charge in [0, 0.05) is 5.56 Å². The van der Waals surface area contributed by atoms with E-state index < -0.39 is 29.3 Å². The van der Waals surface area contributed by atoms with Gasteiger partial charge >= 0.3 is 12.1 Å². The van der Waals surface area contributed by atoms with E-state index in [0.717, 1.165) is 6.08 Å². The maximum Gasteiger partial charge on any atom is 0.435 e. The lowest BCUT2D eigenvalue weighted by molar-refractivity contribution is -0.114. The monoisotopic (exact) mass is 474 g/mol. The molecule has 0 saturated carbocycles. The Bertz CT molecular complexity index is 1300. The molecule has 0 unspecified atom stereocenters. The zero-order valence-corrected chi connectivity index (χ0v) is 17.6. The molecule has 0 atom stereocenters. The zero-order chi connectivity index (χ0) is 23.8. The van der Waals surface area contributed by atoms with Gasteiger partial charge in [0.15, 0.2) is 5.71 Å². The minimum Gasteiger partial charge on any atom is -0.465 e. The van der Waals surface area contributed by atoms with Crippen molar-refractivity contribution in [2.75, 3.05) is 12.1 Å². The second kappa shape index (κ2) is 8.59. The summed E-state index contributed by atoms with van der Waals surface area (Å²) in [6.07, 6.45) is -3.87. The van der Waals surface area contributed by atoms with Crippen LogP contribution in [0.1, 0.15) is 16.1 Å². The average molecular weight is 475 g/mol. The van der Waals surface area contributed by atoms with E-state index in [-0.39, 0.29) is 27.8 Å². The Labute approximate surface area is 190 Å². The highest BCUT2D eigenvalue weighted by molar-refractivity contribution is 6.34. The molecule has 3 aromatic rings. The summed E-state index contributed by atoms with van der Waals surface area (Å²) in [4.78, 5) is 24.6. The van der Waals surface area contributed by atoms with E-state index in [2.05, 4.69) is 9.84 Å². The fourth-order valence-electron chi connectivity index (χ4n) is 3.17. The number of methoxy groups -OCH3 is 1. The molecule has 6 nitrogen and oxygen atoms in total. The number of esters is 1. The molecule has 2 aromatic carbocycles. The highest BCUT2D eigenvalue weighted by Gasteiger charge is 2.47. The topological polar surface area (TPSA) is 72.1 Å². The summed E-state index contributed by atoms with van der Waals surface area (Å²) >= 11 is 6.01. The second-order valence-corrected chi connectivity index (χ2v) is 7.25. The first-order valence-electron chi connectivity index (χ1n) is 9.44. The first-order valence-corrected chi connectivity index (χ1v) is 9.82. The predicted molar refractivity (Wildman–Crippen MR) is 116 cm³/mol. The summed E-state index contributed by atoms with van der Waals surface area (Å²) < 4.78 is 51.1. The SMILES string of the molecule is COC(=O)c1cc(-c2ccc(/C=C3\C(=O)N(c4ccccc4)N=C3C(F)(F)F)o2)ccc1Cl. The first kappa shape index (κ1) is 22.3. The zero-order valence-electron chi connectivity index (χ0n) is 16.9. The van der Waals surface area contributed by atoms with Crippen molar-refractivity contribution in [2.24, 2.45) is 5.10 Å². The van der Waals surface area contributed by atoms with Gasteiger partial charge in [0.05, 0.1) is 29.0 Å².